The van der Waals surface area contributed by atoms with Crippen molar-refractivity contribution in [2.24, 2.45) is 29.1 Å². The number of aromatic amines is 1. The third-order valence-electron chi connectivity index (χ3n) is 7.98. The minimum atomic E-state index is -0.349. The van der Waals surface area contributed by atoms with Crippen LogP contribution in [0.5, 0.6) is 0 Å². The van der Waals surface area contributed by atoms with Crippen molar-refractivity contribution >= 4 is 0 Å². The van der Waals surface area contributed by atoms with Crippen molar-refractivity contribution in [1.29, 1.82) is 0 Å². The van der Waals surface area contributed by atoms with Crippen molar-refractivity contribution in [1.82, 2.24) is 14.3 Å². The highest BCUT2D eigenvalue weighted by atomic mass is 16.2. The summed E-state index contributed by atoms with van der Waals surface area (Å²) in [7, 11) is 0. The van der Waals surface area contributed by atoms with Crippen molar-refractivity contribution in [3.63, 3.8) is 0 Å². The highest BCUT2D eigenvalue weighted by Crippen LogP contribution is 2.77. The number of nitrogens with one attached hydrogen (secondary N) is 1. The summed E-state index contributed by atoms with van der Waals surface area (Å²) in [6.45, 7) is 4.40. The van der Waals surface area contributed by atoms with E-state index < -0.39 is 0 Å². The molecule has 144 valence electrons. The highest BCUT2D eigenvalue weighted by molar-refractivity contribution is 5.39. The molecule has 0 unspecified atom stereocenters. The number of H-pyrrole nitrogens is 1. The van der Waals surface area contributed by atoms with E-state index in [1.807, 2.05) is 18.2 Å². The molecule has 1 aromatic carbocycles. The molecular formula is C23H25N3O2. The van der Waals surface area contributed by atoms with Crippen LogP contribution in [0, 0.1) is 29.1 Å². The Hall–Kier alpha value is -2.56. The van der Waals surface area contributed by atoms with Crippen molar-refractivity contribution in [2.45, 2.75) is 39.2 Å². The lowest BCUT2D eigenvalue weighted by atomic mass is 9.82. The number of hydrogen-bond acceptors (Lipinski definition) is 2. The molecule has 1 heterocycles. The van der Waals surface area contributed by atoms with Gasteiger partial charge in [0.2, 0.25) is 0 Å². The fourth-order valence-corrected chi connectivity index (χ4v) is 6.76. The summed E-state index contributed by atoms with van der Waals surface area (Å²) in [6.07, 6.45) is 8.35. The maximum atomic E-state index is 13.3. The number of allylic oxidation sites excluding steroid dienone is 4. The Bertz CT molecular complexity index is 1140. The van der Waals surface area contributed by atoms with Crippen LogP contribution in [0.15, 0.2) is 63.2 Å². The topological polar surface area (TPSA) is 59.8 Å². The van der Waals surface area contributed by atoms with Gasteiger partial charge in [-0.15, -0.1) is 0 Å². The molecule has 4 aliphatic rings. The van der Waals surface area contributed by atoms with Crippen molar-refractivity contribution in [2.75, 3.05) is 0 Å². The molecule has 1 aromatic heterocycles. The molecule has 5 atom stereocenters. The quantitative estimate of drug-likeness (QED) is 0.818. The Labute approximate surface area is 163 Å². The van der Waals surface area contributed by atoms with Gasteiger partial charge in [-0.2, -0.15) is 0 Å². The molecule has 0 aliphatic heterocycles. The third-order valence-corrected chi connectivity index (χ3v) is 7.98. The zero-order chi connectivity index (χ0) is 19.2. The standard InChI is InChI=1S/C23H25N3O2/c1-13(2)15-12-18(20-17-9-8-16(19(15)20)23(17)10-11-23)26-22(28)25(21(27)24-26)14-6-4-3-5-7-14/h3-9,16-20H,10-12H2,1-2H3,(H,24,27)/t16-,17-,18+,19-,20+/m1/s1. The minimum absolute atomic E-state index is 0.0393. The molecule has 3 saturated carbocycles. The van der Waals surface area contributed by atoms with Crippen LogP contribution in [0.3, 0.4) is 0 Å². The van der Waals surface area contributed by atoms with Gasteiger partial charge in [-0.05, 0) is 74.3 Å². The fourth-order valence-electron chi connectivity index (χ4n) is 6.76. The molecule has 4 aliphatic carbocycles. The van der Waals surface area contributed by atoms with Gasteiger partial charge in [0.05, 0.1) is 11.7 Å². The Morgan fingerprint density at radius 2 is 1.79 bits per heavy atom. The molecule has 2 bridgehead atoms. The Balaban J connectivity index is 1.50. The van der Waals surface area contributed by atoms with Crippen LogP contribution in [0.25, 0.3) is 5.69 Å². The predicted molar refractivity (Wildman–Crippen MR) is 107 cm³/mol. The largest absolute Gasteiger partial charge is 0.351 e. The van der Waals surface area contributed by atoms with Gasteiger partial charge >= 0.3 is 11.4 Å². The van der Waals surface area contributed by atoms with Crippen LogP contribution in [0.4, 0.5) is 0 Å². The summed E-state index contributed by atoms with van der Waals surface area (Å²) in [4.78, 5) is 26.0. The van der Waals surface area contributed by atoms with Crippen molar-refractivity contribution in [3.05, 3.63) is 74.6 Å². The monoisotopic (exact) mass is 375 g/mol. The average molecular weight is 375 g/mol. The molecule has 28 heavy (non-hydrogen) atoms. The fraction of sp³-hybridized carbons (Fsp3) is 0.478. The zero-order valence-electron chi connectivity index (χ0n) is 16.3. The first-order valence-electron chi connectivity index (χ1n) is 10.4. The van der Waals surface area contributed by atoms with Crippen molar-refractivity contribution in [3.8, 4) is 5.69 Å². The Kier molecular flexibility index (Phi) is 3.09. The van der Waals surface area contributed by atoms with Crippen LogP contribution in [0.1, 0.15) is 39.2 Å². The number of aromatic nitrogens is 3. The number of nitrogens with zero attached hydrogens (tertiary/aromatic N) is 2. The van der Waals surface area contributed by atoms with Crippen LogP contribution >= 0.6 is 0 Å². The Morgan fingerprint density at radius 1 is 1.07 bits per heavy atom. The second-order valence-electron chi connectivity index (χ2n) is 9.31. The van der Waals surface area contributed by atoms with Gasteiger partial charge < -0.3 is 0 Å². The molecule has 1 N–H and O–H groups in total. The number of hydrogen-bond donors (Lipinski definition) is 1. The maximum Gasteiger partial charge on any atom is 0.351 e. The summed E-state index contributed by atoms with van der Waals surface area (Å²) in [6, 6.07) is 9.24. The van der Waals surface area contributed by atoms with E-state index in [2.05, 4.69) is 31.1 Å². The van der Waals surface area contributed by atoms with Gasteiger partial charge in [-0.1, -0.05) is 41.5 Å². The minimum Gasteiger partial charge on any atom is -0.246 e. The lowest BCUT2D eigenvalue weighted by molar-refractivity contribution is 0.254. The highest BCUT2D eigenvalue weighted by Gasteiger charge is 2.70. The molecular weight excluding hydrogens is 350 g/mol. The summed E-state index contributed by atoms with van der Waals surface area (Å²) in [5, 5.41) is 2.90. The molecule has 5 nitrogen and oxygen atoms in total. The first-order chi connectivity index (χ1) is 13.5. The first kappa shape index (κ1) is 16.4. The maximum absolute atomic E-state index is 13.3. The summed E-state index contributed by atoms with van der Waals surface area (Å²) >= 11 is 0. The molecule has 0 radical (unpaired) electrons. The molecule has 1 spiro atoms. The normalized spacial score (nSPS) is 33.6. The molecule has 6 rings (SSSR count). The van der Waals surface area contributed by atoms with Gasteiger partial charge in [-0.25, -0.2) is 23.9 Å². The molecule has 5 heteroatoms. The number of rotatable bonds is 2. The van der Waals surface area contributed by atoms with E-state index in [0.717, 1.165) is 6.42 Å². The summed E-state index contributed by atoms with van der Waals surface area (Å²) in [5.41, 5.74) is 3.37. The van der Waals surface area contributed by atoms with Gasteiger partial charge in [0.15, 0.2) is 0 Å². The van der Waals surface area contributed by atoms with E-state index in [-0.39, 0.29) is 17.4 Å². The van der Waals surface area contributed by atoms with Crippen LogP contribution in [0.2, 0.25) is 0 Å². The summed E-state index contributed by atoms with van der Waals surface area (Å²) in [5.74, 6) is 2.11. The molecule has 3 fully saturated rings. The van der Waals surface area contributed by atoms with Crippen LogP contribution < -0.4 is 11.4 Å². The number of benzene rings is 1. The number of fused-ring (bicyclic) bond motifs is 3. The third kappa shape index (κ3) is 1.87. The zero-order valence-corrected chi connectivity index (χ0v) is 16.3. The van der Waals surface area contributed by atoms with E-state index in [1.165, 1.54) is 28.6 Å². The van der Waals surface area contributed by atoms with Crippen LogP contribution in [-0.2, 0) is 0 Å². The van der Waals surface area contributed by atoms with Crippen molar-refractivity contribution < 1.29 is 0 Å². The van der Waals surface area contributed by atoms with E-state index >= 15 is 0 Å². The second kappa shape index (κ2) is 5.28. The van der Waals surface area contributed by atoms with Gasteiger partial charge in [0, 0.05) is 0 Å². The van der Waals surface area contributed by atoms with Gasteiger partial charge in [0.25, 0.3) is 0 Å². The summed E-state index contributed by atoms with van der Waals surface area (Å²) < 4.78 is 2.92. The lowest BCUT2D eigenvalue weighted by Gasteiger charge is -2.26. The first-order valence-corrected chi connectivity index (χ1v) is 10.4. The van der Waals surface area contributed by atoms with E-state index in [1.54, 1.807) is 16.8 Å². The van der Waals surface area contributed by atoms with E-state index in [9.17, 15) is 9.59 Å². The lowest BCUT2D eigenvalue weighted by Crippen LogP contribution is -2.32. The predicted octanol–water partition coefficient (Wildman–Crippen LogP) is 3.44. The van der Waals surface area contributed by atoms with Crippen LogP contribution in [-0.4, -0.2) is 14.3 Å². The van der Waals surface area contributed by atoms with E-state index in [4.69, 9.17) is 0 Å². The SMILES string of the molecule is CC(C)=C1C[C@H](n2[nH]c(=O)n(-c3ccccc3)c2=O)[C@H]2[C@H]1[C@H]1C=C[C@H]2C12CC2. The molecule has 2 aromatic rings. The smallest absolute Gasteiger partial charge is 0.246 e. The number of para-hydroxylation sites is 1. The molecule has 0 amide bonds. The van der Waals surface area contributed by atoms with Gasteiger partial charge in [-0.3, -0.25) is 0 Å². The second-order valence-corrected chi connectivity index (χ2v) is 9.31. The average Bonchev–Trinajstić information content (AvgIpc) is 3.02. The molecule has 0 saturated heterocycles. The Morgan fingerprint density at radius 3 is 2.46 bits per heavy atom. The van der Waals surface area contributed by atoms with Gasteiger partial charge in [0.1, 0.15) is 0 Å². The van der Waals surface area contributed by atoms with E-state index in [0.29, 0.717) is 34.8 Å².